The van der Waals surface area contributed by atoms with Crippen molar-refractivity contribution in [3.63, 3.8) is 0 Å². The lowest BCUT2D eigenvalue weighted by atomic mass is 9.35. The van der Waals surface area contributed by atoms with E-state index in [9.17, 15) is 29.7 Å². The zero-order chi connectivity index (χ0) is 24.1. The molecule has 0 aromatic heterocycles. The highest BCUT2D eigenvalue weighted by Gasteiger charge is 2.86. The van der Waals surface area contributed by atoms with Crippen molar-refractivity contribution in [2.75, 3.05) is 13.2 Å². The number of ether oxygens (including phenoxy) is 3. The molecule has 3 N–H and O–H groups in total. The van der Waals surface area contributed by atoms with Gasteiger partial charge in [-0.25, -0.2) is 0 Å². The summed E-state index contributed by atoms with van der Waals surface area (Å²) in [6.45, 7) is 8.27. The van der Waals surface area contributed by atoms with E-state index in [1.165, 1.54) is 13.8 Å². The molecule has 4 aliphatic carbocycles. The zero-order valence-corrected chi connectivity index (χ0v) is 19.2. The van der Waals surface area contributed by atoms with Crippen LogP contribution < -0.4 is 0 Å². The third kappa shape index (κ3) is 2.54. The Morgan fingerprint density at radius 2 is 1.91 bits per heavy atom. The highest BCUT2D eigenvalue weighted by Crippen LogP contribution is 2.76. The molecular weight excluding hydrogens is 432 g/mol. The minimum absolute atomic E-state index is 0.0180. The molecule has 2 aliphatic heterocycles. The van der Waals surface area contributed by atoms with Crippen LogP contribution >= 0.6 is 0 Å². The van der Waals surface area contributed by atoms with Crippen LogP contribution in [-0.4, -0.2) is 70.4 Å². The summed E-state index contributed by atoms with van der Waals surface area (Å²) in [5.74, 6) is -5.50. The number of esters is 2. The summed E-state index contributed by atoms with van der Waals surface area (Å²) in [6.07, 6.45) is -1.95. The maximum Gasteiger partial charge on any atom is 0.302 e. The van der Waals surface area contributed by atoms with Crippen molar-refractivity contribution in [1.29, 1.82) is 0 Å². The van der Waals surface area contributed by atoms with Gasteiger partial charge in [-0.2, -0.15) is 0 Å². The molecule has 1 unspecified atom stereocenters. The maximum atomic E-state index is 13.7. The van der Waals surface area contributed by atoms with Crippen molar-refractivity contribution in [2.24, 2.45) is 34.0 Å². The zero-order valence-electron chi connectivity index (χ0n) is 19.2. The third-order valence-electron chi connectivity index (χ3n) is 9.52. The molecule has 10 atom stereocenters. The highest BCUT2D eigenvalue weighted by molar-refractivity contribution is 6.04. The number of hydrogen-bond donors (Lipinski definition) is 3. The lowest BCUT2D eigenvalue weighted by Crippen LogP contribution is -2.85. The Morgan fingerprint density at radius 1 is 1.21 bits per heavy atom. The quantitative estimate of drug-likeness (QED) is 0.402. The van der Waals surface area contributed by atoms with Gasteiger partial charge in [-0.05, 0) is 37.2 Å². The van der Waals surface area contributed by atoms with Crippen LogP contribution in [0, 0.1) is 34.0 Å². The van der Waals surface area contributed by atoms with Crippen molar-refractivity contribution in [3.05, 3.63) is 12.2 Å². The molecule has 0 aromatic rings. The summed E-state index contributed by atoms with van der Waals surface area (Å²) in [6, 6.07) is 0. The molecule has 2 spiro atoms. The van der Waals surface area contributed by atoms with Crippen LogP contribution in [0.25, 0.3) is 0 Å². The minimum Gasteiger partial charge on any atom is -0.465 e. The second-order valence-electron chi connectivity index (χ2n) is 11.1. The molecule has 0 amide bonds. The van der Waals surface area contributed by atoms with Crippen LogP contribution in [0.3, 0.4) is 0 Å². The van der Waals surface area contributed by atoms with Gasteiger partial charge in [0, 0.05) is 36.5 Å². The molecule has 4 saturated carbocycles. The third-order valence-corrected chi connectivity index (χ3v) is 9.52. The first kappa shape index (κ1) is 23.0. The number of ketones is 1. The van der Waals surface area contributed by atoms with Crippen LogP contribution in [0.4, 0.5) is 0 Å². The highest BCUT2D eigenvalue weighted by atomic mass is 16.6. The van der Waals surface area contributed by atoms with Gasteiger partial charge in [0.05, 0.1) is 24.7 Å². The molecule has 33 heavy (non-hydrogen) atoms. The van der Waals surface area contributed by atoms with Crippen LogP contribution in [-0.2, 0) is 28.6 Å². The smallest absolute Gasteiger partial charge is 0.302 e. The Labute approximate surface area is 192 Å². The van der Waals surface area contributed by atoms with Crippen molar-refractivity contribution in [1.82, 2.24) is 0 Å². The van der Waals surface area contributed by atoms with Crippen LogP contribution in [0.1, 0.15) is 46.5 Å². The van der Waals surface area contributed by atoms with Crippen LogP contribution in [0.2, 0.25) is 0 Å². The Balaban J connectivity index is 1.73. The average Bonchev–Trinajstić information content (AvgIpc) is 2.93. The van der Waals surface area contributed by atoms with Gasteiger partial charge in [-0.15, -0.1) is 0 Å². The first-order valence-electron chi connectivity index (χ1n) is 11.6. The molecule has 2 saturated heterocycles. The Kier molecular flexibility index (Phi) is 4.78. The largest absolute Gasteiger partial charge is 0.465 e. The van der Waals surface area contributed by atoms with Gasteiger partial charge in [0.2, 0.25) is 5.79 Å². The monoisotopic (exact) mass is 464 g/mol. The van der Waals surface area contributed by atoms with Gasteiger partial charge in [0.25, 0.3) is 0 Å². The molecule has 6 fully saturated rings. The average molecular weight is 465 g/mol. The molecule has 4 bridgehead atoms. The summed E-state index contributed by atoms with van der Waals surface area (Å²) in [5, 5.41) is 35.1. The number of allylic oxidation sites excluding steroid dienone is 1. The summed E-state index contributed by atoms with van der Waals surface area (Å²) in [5.41, 5.74) is -3.25. The van der Waals surface area contributed by atoms with Crippen LogP contribution in [0.15, 0.2) is 12.2 Å². The molecule has 9 nitrogen and oxygen atoms in total. The van der Waals surface area contributed by atoms with E-state index in [4.69, 9.17) is 14.2 Å². The summed E-state index contributed by atoms with van der Waals surface area (Å²) in [4.78, 5) is 37.4. The van der Waals surface area contributed by atoms with Gasteiger partial charge in [-0.3, -0.25) is 14.4 Å². The lowest BCUT2D eigenvalue weighted by Gasteiger charge is -2.74. The minimum atomic E-state index is -2.24. The Bertz CT molecular complexity index is 946. The number of carbonyl (C=O) groups is 3. The van der Waals surface area contributed by atoms with E-state index in [1.807, 2.05) is 6.92 Å². The van der Waals surface area contributed by atoms with Gasteiger partial charge < -0.3 is 29.5 Å². The van der Waals surface area contributed by atoms with Crippen molar-refractivity contribution in [3.8, 4) is 0 Å². The Morgan fingerprint density at radius 3 is 2.55 bits per heavy atom. The predicted octanol–water partition coefficient (Wildman–Crippen LogP) is 0.490. The standard InChI is InChI=1S/C24H32O9/c1-11-14-7-15(33-13(3)26)17-22-10-32-24(30,23(17,8-14)19(11)28)20(29)18(22)21(4,6-5-16(22)27)9-31-12(2)25/h14-18,20,27,29-30H,1,5-10H2,2-4H3/t14-,15-,16-,17+,18-,20+,21+,22?,23+,24-/m1/s1. The van der Waals surface area contributed by atoms with Crippen molar-refractivity contribution >= 4 is 17.7 Å². The van der Waals surface area contributed by atoms with E-state index in [2.05, 4.69) is 6.58 Å². The molecule has 9 heteroatoms. The lowest BCUT2D eigenvalue weighted by molar-refractivity contribution is -0.457. The van der Waals surface area contributed by atoms with Crippen LogP contribution in [0.5, 0.6) is 0 Å². The van der Waals surface area contributed by atoms with E-state index in [0.717, 1.165) is 0 Å². The first-order chi connectivity index (χ1) is 15.3. The first-order valence-corrected chi connectivity index (χ1v) is 11.6. The number of aliphatic hydroxyl groups excluding tert-OH is 2. The van der Waals surface area contributed by atoms with E-state index >= 15 is 0 Å². The number of hydrogen-bond acceptors (Lipinski definition) is 9. The number of Topliss-reactive ketones (excluding diaryl/α,β-unsaturated/α-hetero) is 1. The van der Waals surface area contributed by atoms with E-state index in [1.54, 1.807) is 0 Å². The second kappa shape index (κ2) is 6.87. The SMILES string of the molecule is C=C1C(=O)[C@]23C[C@H]1C[C@@H](OC(C)=O)[C@H]2C12CO[C@]3(O)[C@@H](O)[C@@H]1[C@](C)(COC(C)=O)CC[C@H]2O. The number of carbonyl (C=O) groups excluding carboxylic acids is 3. The van der Waals surface area contributed by atoms with Gasteiger partial charge in [-0.1, -0.05) is 13.5 Å². The fourth-order valence-electron chi connectivity index (χ4n) is 8.44. The molecule has 2 heterocycles. The van der Waals surface area contributed by atoms with E-state index in [0.29, 0.717) is 24.8 Å². The topological polar surface area (TPSA) is 140 Å². The molecular formula is C24H32O9. The number of fused-ring (bicyclic) bond motifs is 2. The maximum absolute atomic E-state index is 13.7. The van der Waals surface area contributed by atoms with Gasteiger partial charge in [0.15, 0.2) is 5.78 Å². The molecule has 6 rings (SSSR count). The fraction of sp³-hybridized carbons (Fsp3) is 0.792. The van der Waals surface area contributed by atoms with Gasteiger partial charge >= 0.3 is 11.9 Å². The summed E-state index contributed by atoms with van der Waals surface area (Å²) >= 11 is 0. The number of rotatable bonds is 3. The summed E-state index contributed by atoms with van der Waals surface area (Å²) < 4.78 is 17.0. The summed E-state index contributed by atoms with van der Waals surface area (Å²) in [7, 11) is 0. The van der Waals surface area contributed by atoms with Gasteiger partial charge in [0.1, 0.15) is 12.2 Å². The Hall–Kier alpha value is -1.81. The van der Waals surface area contributed by atoms with E-state index < -0.39 is 69.9 Å². The van der Waals surface area contributed by atoms with E-state index in [-0.39, 0.29) is 25.6 Å². The second-order valence-corrected chi connectivity index (χ2v) is 11.1. The van der Waals surface area contributed by atoms with Crippen molar-refractivity contribution < 1.29 is 43.9 Å². The number of aliphatic hydroxyl groups is 3. The molecule has 6 aliphatic rings. The molecule has 0 aromatic carbocycles. The normalized spacial score (nSPS) is 52.2. The van der Waals surface area contributed by atoms with Crippen molar-refractivity contribution in [2.45, 2.75) is 70.6 Å². The molecule has 182 valence electrons. The molecule has 0 radical (unpaired) electrons. The fourth-order valence-corrected chi connectivity index (χ4v) is 8.44. The predicted molar refractivity (Wildman–Crippen MR) is 111 cm³/mol.